The van der Waals surface area contributed by atoms with E-state index < -0.39 is 0 Å². The normalized spacial score (nSPS) is 11.2. The van der Waals surface area contributed by atoms with E-state index in [0.717, 1.165) is 13.1 Å². The fourth-order valence-electron chi connectivity index (χ4n) is 4.50. The van der Waals surface area contributed by atoms with Crippen molar-refractivity contribution in [3.63, 3.8) is 0 Å². The average molecular weight is 439 g/mol. The van der Waals surface area contributed by atoms with E-state index in [2.05, 4.69) is 72.0 Å². The van der Waals surface area contributed by atoms with Crippen molar-refractivity contribution in [2.24, 2.45) is 0 Å². The summed E-state index contributed by atoms with van der Waals surface area (Å²) in [5, 5.41) is 0. The Balaban J connectivity index is 1.41. The summed E-state index contributed by atoms with van der Waals surface area (Å²) in [7, 11) is 0. The summed E-state index contributed by atoms with van der Waals surface area (Å²) in [5.74, 6) is 0. The third-order valence-corrected chi connectivity index (χ3v) is 6.75. The molecule has 0 aromatic carbocycles. The van der Waals surface area contributed by atoms with Gasteiger partial charge in [-0.3, -0.25) is 0 Å². The second-order valence-corrected chi connectivity index (χ2v) is 9.55. The van der Waals surface area contributed by atoms with Crippen LogP contribution in [0.5, 0.6) is 0 Å². The van der Waals surface area contributed by atoms with Crippen LogP contribution in [0, 0.1) is 0 Å². The molecule has 2 aromatic rings. The number of aryl methyl sites for hydroxylation is 2. The molecule has 2 aromatic heterocycles. The largest absolute Gasteiger partial charge is 0.205 e. The number of hydrogen-bond acceptors (Lipinski definition) is 0. The van der Waals surface area contributed by atoms with Gasteiger partial charge in [0.1, 0.15) is 13.1 Å². The Morgan fingerprint density at radius 1 is 0.438 bits per heavy atom. The van der Waals surface area contributed by atoms with Crippen molar-refractivity contribution in [1.29, 1.82) is 0 Å². The Morgan fingerprint density at radius 2 is 0.781 bits per heavy atom. The fraction of sp³-hybridized carbons (Fsp3) is 0.667. The van der Waals surface area contributed by atoms with E-state index in [0.29, 0.717) is 0 Å². The van der Waals surface area contributed by atoms with E-state index in [4.69, 9.17) is 0 Å². The van der Waals surface area contributed by atoms with Crippen LogP contribution in [0.2, 0.25) is 0 Å². The zero-order chi connectivity index (χ0) is 22.7. The average Bonchev–Trinajstić information content (AvgIpc) is 2.84. The second-order valence-electron chi connectivity index (χ2n) is 9.55. The van der Waals surface area contributed by atoms with Crippen molar-refractivity contribution >= 4 is 0 Å². The van der Waals surface area contributed by atoms with Crippen LogP contribution < -0.4 is 9.13 Å². The molecule has 0 N–H and O–H groups in total. The monoisotopic (exact) mass is 438 g/mol. The standard InChI is InChI=1S/C30H50N2/c1-3-5-6-7-8-9-10-11-12-13-14-15-16-17-18-19-24-32-27-22-30(23-28-32)29-20-25-31(4-2)26-21-29/h20-23,25-28H,3-19,24H2,1-2H3/q+2. The first-order valence-corrected chi connectivity index (χ1v) is 13.8. The molecule has 0 aliphatic heterocycles. The Bertz CT molecular complexity index is 675. The van der Waals surface area contributed by atoms with Gasteiger partial charge < -0.3 is 0 Å². The van der Waals surface area contributed by atoms with Gasteiger partial charge >= 0.3 is 0 Å². The fourth-order valence-corrected chi connectivity index (χ4v) is 4.50. The van der Waals surface area contributed by atoms with Gasteiger partial charge in [-0.15, -0.1) is 0 Å². The summed E-state index contributed by atoms with van der Waals surface area (Å²) in [6, 6.07) is 8.91. The summed E-state index contributed by atoms with van der Waals surface area (Å²) in [5.41, 5.74) is 2.60. The zero-order valence-electron chi connectivity index (χ0n) is 21.2. The molecular formula is C30H50N2+2. The highest BCUT2D eigenvalue weighted by atomic mass is 14.9. The first-order chi connectivity index (χ1) is 15.8. The Hall–Kier alpha value is -1.70. The van der Waals surface area contributed by atoms with Gasteiger partial charge in [0.2, 0.25) is 0 Å². The highest BCUT2D eigenvalue weighted by molar-refractivity contribution is 5.60. The van der Waals surface area contributed by atoms with Crippen LogP contribution >= 0.6 is 0 Å². The molecule has 0 saturated carbocycles. The molecule has 0 amide bonds. The Morgan fingerprint density at radius 3 is 1.16 bits per heavy atom. The molecule has 32 heavy (non-hydrogen) atoms. The molecule has 0 spiro atoms. The molecule has 2 heterocycles. The number of nitrogens with zero attached hydrogens (tertiary/aromatic N) is 2. The van der Waals surface area contributed by atoms with Crippen LogP contribution in [0.4, 0.5) is 0 Å². The van der Waals surface area contributed by atoms with E-state index in [1.54, 1.807) is 0 Å². The van der Waals surface area contributed by atoms with E-state index in [-0.39, 0.29) is 0 Å². The van der Waals surface area contributed by atoms with Gasteiger partial charge in [-0.1, -0.05) is 96.8 Å². The molecule has 0 atom stereocenters. The highest BCUT2D eigenvalue weighted by Crippen LogP contribution is 2.16. The van der Waals surface area contributed by atoms with Crippen LogP contribution in [0.15, 0.2) is 49.1 Å². The van der Waals surface area contributed by atoms with Crippen molar-refractivity contribution in [1.82, 2.24) is 0 Å². The summed E-state index contributed by atoms with van der Waals surface area (Å²) >= 11 is 0. The lowest BCUT2D eigenvalue weighted by Gasteiger charge is -2.03. The van der Waals surface area contributed by atoms with Gasteiger partial charge in [0.05, 0.1) is 0 Å². The SMILES string of the molecule is CCCCCCCCCCCCCCCCCC[n+]1ccc(-c2cc[n+](CC)cc2)cc1. The first-order valence-electron chi connectivity index (χ1n) is 13.8. The predicted octanol–water partition coefficient (Wildman–Crippen LogP) is 8.21. The van der Waals surface area contributed by atoms with E-state index >= 15 is 0 Å². The van der Waals surface area contributed by atoms with Gasteiger partial charge in [-0.25, -0.2) is 9.13 Å². The lowest BCUT2D eigenvalue weighted by molar-refractivity contribution is -0.697. The van der Waals surface area contributed by atoms with Gasteiger partial charge in [-0.2, -0.15) is 0 Å². The topological polar surface area (TPSA) is 7.76 Å². The molecule has 0 aliphatic rings. The van der Waals surface area contributed by atoms with Crippen molar-refractivity contribution in [3.8, 4) is 11.1 Å². The van der Waals surface area contributed by atoms with Crippen molar-refractivity contribution in [2.45, 2.75) is 130 Å². The van der Waals surface area contributed by atoms with Crippen molar-refractivity contribution in [3.05, 3.63) is 49.1 Å². The second kappa shape index (κ2) is 17.8. The molecule has 2 rings (SSSR count). The maximum absolute atomic E-state index is 2.34. The van der Waals surface area contributed by atoms with Crippen LogP contribution in [0.25, 0.3) is 11.1 Å². The molecule has 0 saturated heterocycles. The smallest absolute Gasteiger partial charge is 0.169 e. The van der Waals surface area contributed by atoms with E-state index in [1.165, 1.54) is 114 Å². The van der Waals surface area contributed by atoms with Crippen molar-refractivity contribution < 1.29 is 9.13 Å². The quantitative estimate of drug-likeness (QED) is 0.154. The molecule has 0 radical (unpaired) electrons. The number of hydrogen-bond donors (Lipinski definition) is 0. The number of rotatable bonds is 19. The molecule has 0 bridgehead atoms. The van der Waals surface area contributed by atoms with Crippen LogP contribution in [0.3, 0.4) is 0 Å². The van der Waals surface area contributed by atoms with Crippen molar-refractivity contribution in [2.75, 3.05) is 0 Å². The zero-order valence-corrected chi connectivity index (χ0v) is 21.2. The minimum Gasteiger partial charge on any atom is -0.205 e. The predicted molar refractivity (Wildman–Crippen MR) is 137 cm³/mol. The molecule has 0 fully saturated rings. The lowest BCUT2D eigenvalue weighted by Crippen LogP contribution is -2.32. The summed E-state index contributed by atoms with van der Waals surface area (Å²) < 4.78 is 4.53. The van der Waals surface area contributed by atoms with Gasteiger partial charge in [0.25, 0.3) is 0 Å². The molecule has 2 heteroatoms. The Labute approximate surface area is 199 Å². The van der Waals surface area contributed by atoms with Crippen LogP contribution in [-0.2, 0) is 13.1 Å². The molecule has 2 nitrogen and oxygen atoms in total. The van der Waals surface area contributed by atoms with Gasteiger partial charge in [-0.05, 0) is 24.5 Å². The first kappa shape index (κ1) is 26.6. The lowest BCUT2D eigenvalue weighted by atomic mass is 10.0. The number of aromatic nitrogens is 2. The van der Waals surface area contributed by atoms with E-state index in [1.807, 2.05) is 0 Å². The summed E-state index contributed by atoms with van der Waals surface area (Å²) in [6.07, 6.45) is 31.7. The van der Waals surface area contributed by atoms with Crippen LogP contribution in [0.1, 0.15) is 117 Å². The third kappa shape index (κ3) is 11.8. The molecular weight excluding hydrogens is 388 g/mol. The molecule has 0 aliphatic carbocycles. The highest BCUT2D eigenvalue weighted by Gasteiger charge is 2.05. The maximum atomic E-state index is 2.34. The van der Waals surface area contributed by atoms with Crippen LogP contribution in [-0.4, -0.2) is 0 Å². The Kier molecular flexibility index (Phi) is 14.8. The minimum atomic E-state index is 1.02. The van der Waals surface area contributed by atoms with E-state index in [9.17, 15) is 0 Å². The maximum Gasteiger partial charge on any atom is 0.169 e. The number of pyridine rings is 2. The van der Waals surface area contributed by atoms with Gasteiger partial charge in [0, 0.05) is 30.7 Å². The minimum absolute atomic E-state index is 1.02. The molecule has 178 valence electrons. The summed E-state index contributed by atoms with van der Waals surface area (Å²) in [4.78, 5) is 0. The molecule has 0 unspecified atom stereocenters. The number of unbranched alkanes of at least 4 members (excludes halogenated alkanes) is 15. The van der Waals surface area contributed by atoms with Gasteiger partial charge in [0.15, 0.2) is 24.8 Å². The summed E-state index contributed by atoms with van der Waals surface area (Å²) in [6.45, 7) is 6.63. The third-order valence-electron chi connectivity index (χ3n) is 6.75.